The van der Waals surface area contributed by atoms with Crippen molar-refractivity contribution in [2.45, 2.75) is 17.2 Å². The zero-order valence-corrected chi connectivity index (χ0v) is 11.7. The molecule has 4 heteroatoms. The van der Waals surface area contributed by atoms with E-state index in [9.17, 15) is 4.21 Å². The highest BCUT2D eigenvalue weighted by atomic mass is 32.2. The molecule has 0 fully saturated rings. The first-order chi connectivity index (χ1) is 9.76. The van der Waals surface area contributed by atoms with Gasteiger partial charge >= 0.3 is 0 Å². The lowest BCUT2D eigenvalue weighted by molar-refractivity contribution is 0.481. The summed E-state index contributed by atoms with van der Waals surface area (Å²) in [6.45, 7) is 0.364. The van der Waals surface area contributed by atoms with Crippen molar-refractivity contribution in [1.29, 1.82) is 0 Å². The molecule has 0 amide bonds. The first-order valence-corrected chi connectivity index (χ1v) is 7.73. The number of hydrogen-bond acceptors (Lipinski definition) is 3. The highest BCUT2D eigenvalue weighted by Crippen LogP contribution is 2.20. The van der Waals surface area contributed by atoms with Crippen molar-refractivity contribution in [3.05, 3.63) is 66.1 Å². The lowest BCUT2D eigenvalue weighted by atomic mass is 10.1. The predicted molar refractivity (Wildman–Crippen MR) is 80.7 cm³/mol. The number of rotatable bonds is 4. The molecular weight excluding hydrogens is 270 g/mol. The van der Waals surface area contributed by atoms with Gasteiger partial charge in [0.25, 0.3) is 0 Å². The van der Waals surface area contributed by atoms with Gasteiger partial charge in [0.2, 0.25) is 0 Å². The lowest BCUT2D eigenvalue weighted by Crippen LogP contribution is -1.96. The molecule has 0 saturated carbocycles. The first kappa shape index (κ1) is 13.1. The van der Waals surface area contributed by atoms with Crippen LogP contribution in [-0.2, 0) is 23.1 Å². The van der Waals surface area contributed by atoms with Crippen LogP contribution in [0.2, 0.25) is 0 Å². The van der Waals surface area contributed by atoms with E-state index in [4.69, 9.17) is 10.2 Å². The molecule has 1 unspecified atom stereocenters. The Labute approximate surface area is 119 Å². The number of hydrogen-bond donors (Lipinski definition) is 1. The SMILES string of the molecule is NCc1ccc(CS(=O)c2ccc3ccccc3c2)o1. The number of nitrogens with two attached hydrogens (primary N) is 1. The molecule has 2 aromatic carbocycles. The van der Waals surface area contributed by atoms with Crippen LogP contribution >= 0.6 is 0 Å². The maximum atomic E-state index is 12.4. The van der Waals surface area contributed by atoms with E-state index in [0.717, 1.165) is 21.4 Å². The zero-order chi connectivity index (χ0) is 13.9. The predicted octanol–water partition coefficient (Wildman–Crippen LogP) is 3.20. The Balaban J connectivity index is 1.84. The van der Waals surface area contributed by atoms with Crippen LogP contribution in [0.1, 0.15) is 11.5 Å². The van der Waals surface area contributed by atoms with Crippen molar-refractivity contribution in [3.63, 3.8) is 0 Å². The van der Waals surface area contributed by atoms with E-state index < -0.39 is 10.8 Å². The largest absolute Gasteiger partial charge is 0.464 e. The summed E-state index contributed by atoms with van der Waals surface area (Å²) >= 11 is 0. The maximum Gasteiger partial charge on any atom is 0.117 e. The van der Waals surface area contributed by atoms with Crippen LogP contribution in [0.25, 0.3) is 10.8 Å². The molecule has 1 heterocycles. The van der Waals surface area contributed by atoms with Crippen molar-refractivity contribution < 1.29 is 8.63 Å². The van der Waals surface area contributed by atoms with Crippen molar-refractivity contribution in [2.75, 3.05) is 0 Å². The second-order valence-electron chi connectivity index (χ2n) is 4.57. The Morgan fingerprint density at radius 1 is 0.950 bits per heavy atom. The fraction of sp³-hybridized carbons (Fsp3) is 0.125. The smallest absolute Gasteiger partial charge is 0.117 e. The average Bonchev–Trinajstić information content (AvgIpc) is 2.94. The Morgan fingerprint density at radius 2 is 1.70 bits per heavy atom. The summed E-state index contributed by atoms with van der Waals surface area (Å²) in [5.41, 5.74) is 5.50. The Bertz CT molecular complexity index is 764. The summed E-state index contributed by atoms with van der Waals surface area (Å²) in [6.07, 6.45) is 0. The van der Waals surface area contributed by atoms with Gasteiger partial charge in [-0.15, -0.1) is 0 Å². The standard InChI is InChI=1S/C16H15NO2S/c17-10-14-6-7-15(19-14)11-20(18)16-8-5-12-3-1-2-4-13(12)9-16/h1-9H,10-11,17H2. The van der Waals surface area contributed by atoms with Gasteiger partial charge in [-0.25, -0.2) is 0 Å². The third-order valence-electron chi connectivity index (χ3n) is 3.18. The third-order valence-corrected chi connectivity index (χ3v) is 4.50. The Hall–Kier alpha value is -1.91. The maximum absolute atomic E-state index is 12.4. The molecule has 1 atom stereocenters. The van der Waals surface area contributed by atoms with Crippen molar-refractivity contribution in [2.24, 2.45) is 5.73 Å². The molecular formula is C16H15NO2S. The van der Waals surface area contributed by atoms with Gasteiger partial charge in [-0.05, 0) is 35.0 Å². The van der Waals surface area contributed by atoms with E-state index in [1.165, 1.54) is 0 Å². The van der Waals surface area contributed by atoms with Gasteiger partial charge in [-0.1, -0.05) is 30.3 Å². The van der Waals surface area contributed by atoms with Crippen LogP contribution in [-0.4, -0.2) is 4.21 Å². The summed E-state index contributed by atoms with van der Waals surface area (Å²) in [4.78, 5) is 0.814. The van der Waals surface area contributed by atoms with E-state index in [1.54, 1.807) is 0 Å². The van der Waals surface area contributed by atoms with E-state index in [1.807, 2.05) is 54.6 Å². The molecule has 0 radical (unpaired) electrons. The van der Waals surface area contributed by atoms with Gasteiger partial charge in [0.15, 0.2) is 0 Å². The average molecular weight is 285 g/mol. The first-order valence-electron chi connectivity index (χ1n) is 6.41. The molecule has 20 heavy (non-hydrogen) atoms. The van der Waals surface area contributed by atoms with Gasteiger partial charge in [0.05, 0.1) is 23.1 Å². The monoisotopic (exact) mass is 285 g/mol. The minimum Gasteiger partial charge on any atom is -0.464 e. The second kappa shape index (κ2) is 5.61. The summed E-state index contributed by atoms with van der Waals surface area (Å²) in [5, 5.41) is 2.25. The molecule has 102 valence electrons. The van der Waals surface area contributed by atoms with Crippen LogP contribution in [0.3, 0.4) is 0 Å². The molecule has 0 aliphatic rings. The summed E-state index contributed by atoms with van der Waals surface area (Å²) < 4.78 is 17.9. The van der Waals surface area contributed by atoms with Gasteiger partial charge in [0.1, 0.15) is 11.5 Å². The molecule has 0 aliphatic heterocycles. The third kappa shape index (κ3) is 2.66. The fourth-order valence-electron chi connectivity index (χ4n) is 2.13. The van der Waals surface area contributed by atoms with E-state index in [0.29, 0.717) is 18.1 Å². The van der Waals surface area contributed by atoms with Gasteiger partial charge in [0, 0.05) is 4.90 Å². The molecule has 0 bridgehead atoms. The quantitative estimate of drug-likeness (QED) is 0.801. The van der Waals surface area contributed by atoms with Crippen molar-refractivity contribution in [1.82, 2.24) is 0 Å². The summed E-state index contributed by atoms with van der Waals surface area (Å²) in [5.74, 6) is 1.80. The number of furan rings is 1. The molecule has 1 aromatic heterocycles. The molecule has 3 rings (SSSR count). The van der Waals surface area contributed by atoms with Gasteiger partial charge in [-0.2, -0.15) is 0 Å². The normalized spacial score (nSPS) is 12.7. The Kier molecular flexibility index (Phi) is 3.67. The summed E-state index contributed by atoms with van der Waals surface area (Å²) in [6, 6.07) is 17.6. The topological polar surface area (TPSA) is 56.2 Å². The molecule has 0 saturated heterocycles. The van der Waals surface area contributed by atoms with Gasteiger partial charge < -0.3 is 10.2 Å². The number of benzene rings is 2. The summed E-state index contributed by atoms with van der Waals surface area (Å²) in [7, 11) is -1.11. The van der Waals surface area contributed by atoms with E-state index in [2.05, 4.69) is 0 Å². The van der Waals surface area contributed by atoms with Crippen LogP contribution in [0.5, 0.6) is 0 Å². The van der Waals surface area contributed by atoms with E-state index in [-0.39, 0.29) is 0 Å². The molecule has 3 nitrogen and oxygen atoms in total. The number of fused-ring (bicyclic) bond motifs is 1. The molecule has 0 aliphatic carbocycles. The van der Waals surface area contributed by atoms with E-state index >= 15 is 0 Å². The molecule has 2 N–H and O–H groups in total. The van der Waals surface area contributed by atoms with Crippen LogP contribution in [0.15, 0.2) is 63.9 Å². The highest BCUT2D eigenvalue weighted by Gasteiger charge is 2.09. The highest BCUT2D eigenvalue weighted by molar-refractivity contribution is 7.84. The van der Waals surface area contributed by atoms with Crippen LogP contribution in [0, 0.1) is 0 Å². The van der Waals surface area contributed by atoms with Crippen LogP contribution in [0.4, 0.5) is 0 Å². The van der Waals surface area contributed by atoms with Crippen LogP contribution < -0.4 is 5.73 Å². The van der Waals surface area contributed by atoms with Gasteiger partial charge in [-0.3, -0.25) is 4.21 Å². The minimum atomic E-state index is -1.11. The Morgan fingerprint density at radius 3 is 2.45 bits per heavy atom. The lowest BCUT2D eigenvalue weighted by Gasteiger charge is -2.03. The minimum absolute atomic E-state index is 0.364. The van der Waals surface area contributed by atoms with Crippen molar-refractivity contribution >= 4 is 21.6 Å². The second-order valence-corrected chi connectivity index (χ2v) is 6.02. The molecule has 3 aromatic rings. The zero-order valence-electron chi connectivity index (χ0n) is 10.9. The molecule has 0 spiro atoms. The van der Waals surface area contributed by atoms with Crippen molar-refractivity contribution in [3.8, 4) is 0 Å². The fourth-order valence-corrected chi connectivity index (χ4v) is 3.19.